The van der Waals surface area contributed by atoms with Crippen molar-refractivity contribution < 1.29 is 24.1 Å². The largest absolute Gasteiger partial charge is 0.506 e. The third-order valence-corrected chi connectivity index (χ3v) is 8.61. The van der Waals surface area contributed by atoms with Crippen molar-refractivity contribution in [1.82, 2.24) is 4.57 Å². The van der Waals surface area contributed by atoms with Crippen molar-refractivity contribution in [3.05, 3.63) is 79.8 Å². The van der Waals surface area contributed by atoms with Gasteiger partial charge in [-0.3, -0.25) is 9.36 Å². The van der Waals surface area contributed by atoms with Crippen molar-refractivity contribution in [3.63, 3.8) is 0 Å². The summed E-state index contributed by atoms with van der Waals surface area (Å²) in [7, 11) is 1.53. The molecule has 1 atom stereocenters. The molecule has 0 saturated carbocycles. The van der Waals surface area contributed by atoms with Crippen LogP contribution in [0.5, 0.6) is 17.2 Å². The van der Waals surface area contributed by atoms with Crippen molar-refractivity contribution in [2.45, 2.75) is 26.8 Å². The second-order valence-corrected chi connectivity index (χ2v) is 11.7. The highest BCUT2D eigenvalue weighted by atomic mass is 79.9. The summed E-state index contributed by atoms with van der Waals surface area (Å²) >= 11 is 11.5. The number of rotatable bonds is 7. The first kappa shape index (κ1) is 28.6. The Bertz CT molecular complexity index is 1620. The summed E-state index contributed by atoms with van der Waals surface area (Å²) in [5.74, 6) is 0.496. The van der Waals surface area contributed by atoms with Crippen LogP contribution in [-0.2, 0) is 9.53 Å². The maximum absolute atomic E-state index is 13.9. The van der Waals surface area contributed by atoms with Crippen LogP contribution in [0.1, 0.15) is 37.9 Å². The number of nitrogens with zero attached hydrogens (tertiary/aromatic N) is 2. The molecule has 0 fully saturated rings. The van der Waals surface area contributed by atoms with Gasteiger partial charge in [0.1, 0.15) is 5.75 Å². The third-order valence-electron chi connectivity index (χ3n) is 5.73. The molecule has 0 aliphatic carbocycles. The number of ether oxygens (including phenoxy) is 3. The monoisotopic (exact) mass is 728 g/mol. The number of carbonyl (C=O) groups is 1. The van der Waals surface area contributed by atoms with Crippen molar-refractivity contribution in [3.8, 4) is 17.2 Å². The number of halogens is 3. The number of allylic oxidation sites excluding steroid dienone is 1. The molecule has 38 heavy (non-hydrogen) atoms. The summed E-state index contributed by atoms with van der Waals surface area (Å²) in [6, 6.07) is 6.10. The number of phenols is 1. The van der Waals surface area contributed by atoms with E-state index in [9.17, 15) is 14.7 Å². The molecule has 0 amide bonds. The molecule has 0 bridgehead atoms. The first-order valence-corrected chi connectivity index (χ1v) is 14.7. The maximum Gasteiger partial charge on any atom is 0.338 e. The zero-order valence-corrected chi connectivity index (χ0v) is 26.4. The molecule has 12 heteroatoms. The number of hydrogen-bond donors (Lipinski definition) is 1. The third kappa shape index (κ3) is 5.36. The van der Waals surface area contributed by atoms with Gasteiger partial charge in [0.15, 0.2) is 16.3 Å². The highest BCUT2D eigenvalue weighted by molar-refractivity contribution is 9.11. The first-order valence-electron chi connectivity index (χ1n) is 11.5. The van der Waals surface area contributed by atoms with Crippen LogP contribution < -0.4 is 24.4 Å². The Labute approximate surface area is 247 Å². The number of aromatic hydroxyl groups is 1. The minimum Gasteiger partial charge on any atom is -0.506 e. The van der Waals surface area contributed by atoms with E-state index in [2.05, 4.69) is 52.8 Å². The topological polar surface area (TPSA) is 99.4 Å². The number of aromatic nitrogens is 1. The van der Waals surface area contributed by atoms with Gasteiger partial charge >= 0.3 is 5.97 Å². The molecule has 1 aromatic heterocycles. The summed E-state index contributed by atoms with van der Waals surface area (Å²) in [6.45, 7) is 5.93. The number of benzene rings is 2. The molecule has 4 rings (SSSR count). The lowest BCUT2D eigenvalue weighted by Crippen LogP contribution is -2.40. The predicted molar refractivity (Wildman–Crippen MR) is 156 cm³/mol. The molecule has 1 aliphatic heterocycles. The number of phenolic OH excluding ortho intramolecular Hbond substituents is 1. The SMILES string of the molecule is CCOC(=O)C1=C(C)N=c2s/c(=C/c3cc(Br)c(O)c(Br)c3)c(=O)n2[C@H]1c1cc(OC)c(OCC)cc1Br. The number of hydrogen-bond acceptors (Lipinski definition) is 8. The van der Waals surface area contributed by atoms with Crippen LogP contribution in [0.25, 0.3) is 6.08 Å². The fraction of sp³-hybridized carbons (Fsp3) is 0.269. The van der Waals surface area contributed by atoms with Crippen LogP contribution in [0, 0.1) is 0 Å². The van der Waals surface area contributed by atoms with Gasteiger partial charge < -0.3 is 19.3 Å². The van der Waals surface area contributed by atoms with Crippen molar-refractivity contribution in [2.24, 2.45) is 4.99 Å². The number of carbonyl (C=O) groups excluding carboxylic acids is 1. The molecule has 1 aliphatic rings. The molecule has 200 valence electrons. The van der Waals surface area contributed by atoms with E-state index < -0.39 is 12.0 Å². The molecule has 0 spiro atoms. The number of esters is 1. The normalized spacial score (nSPS) is 15.2. The molecular weight excluding hydrogens is 708 g/mol. The van der Waals surface area contributed by atoms with Crippen LogP contribution in [0.3, 0.4) is 0 Å². The summed E-state index contributed by atoms with van der Waals surface area (Å²) in [4.78, 5) is 32.1. The zero-order valence-electron chi connectivity index (χ0n) is 20.8. The van der Waals surface area contributed by atoms with E-state index >= 15 is 0 Å². The van der Waals surface area contributed by atoms with E-state index in [0.29, 0.717) is 57.7 Å². The maximum atomic E-state index is 13.9. The van der Waals surface area contributed by atoms with Gasteiger partial charge in [-0.2, -0.15) is 0 Å². The van der Waals surface area contributed by atoms with Gasteiger partial charge in [0.25, 0.3) is 5.56 Å². The Balaban J connectivity index is 2.00. The standard InChI is InChI=1S/C26H23Br3N2O6S/c1-5-36-19-11-15(27)14(10-18(19)35-4)22-21(25(34)37-6-2)12(3)30-26-31(22)24(33)20(38-26)9-13-7-16(28)23(32)17(29)8-13/h7-11,22,32H,5-6H2,1-4H3/b20-9+/t22-/m0/s1. The first-order chi connectivity index (χ1) is 18.1. The average molecular weight is 731 g/mol. The zero-order chi connectivity index (χ0) is 27.7. The fourth-order valence-corrected chi connectivity index (χ4v) is 6.90. The average Bonchev–Trinajstić information content (AvgIpc) is 3.16. The molecule has 0 unspecified atom stereocenters. The lowest BCUT2D eigenvalue weighted by molar-refractivity contribution is -0.139. The smallest absolute Gasteiger partial charge is 0.338 e. The van der Waals surface area contributed by atoms with E-state index in [0.717, 1.165) is 0 Å². The second kappa shape index (κ2) is 11.8. The van der Waals surface area contributed by atoms with Crippen molar-refractivity contribution in [2.75, 3.05) is 20.3 Å². The lowest BCUT2D eigenvalue weighted by Gasteiger charge is -2.26. The van der Waals surface area contributed by atoms with Crippen LogP contribution >= 0.6 is 59.1 Å². The van der Waals surface area contributed by atoms with Gasteiger partial charge in [-0.25, -0.2) is 9.79 Å². The molecule has 8 nitrogen and oxygen atoms in total. The highest BCUT2D eigenvalue weighted by Crippen LogP contribution is 2.41. The predicted octanol–water partition coefficient (Wildman–Crippen LogP) is 5.20. The van der Waals surface area contributed by atoms with Crippen molar-refractivity contribution >= 4 is 71.2 Å². The second-order valence-electron chi connectivity index (χ2n) is 8.09. The summed E-state index contributed by atoms with van der Waals surface area (Å²) in [5.41, 5.74) is 1.69. The van der Waals surface area contributed by atoms with Crippen molar-refractivity contribution in [1.29, 1.82) is 0 Å². The number of fused-ring (bicyclic) bond motifs is 1. The summed E-state index contributed by atoms with van der Waals surface area (Å²) in [6.07, 6.45) is 1.72. The van der Waals surface area contributed by atoms with Gasteiger partial charge in [-0.1, -0.05) is 27.3 Å². The van der Waals surface area contributed by atoms with Crippen LogP contribution in [0.4, 0.5) is 0 Å². The molecule has 2 heterocycles. The molecule has 2 aromatic carbocycles. The van der Waals surface area contributed by atoms with Gasteiger partial charge in [0, 0.05) is 4.47 Å². The molecular formula is C26H23Br3N2O6S. The lowest BCUT2D eigenvalue weighted by atomic mass is 9.95. The minimum absolute atomic E-state index is 0.0626. The van der Waals surface area contributed by atoms with E-state index in [4.69, 9.17) is 14.2 Å². The Morgan fingerprint density at radius 1 is 1.11 bits per heavy atom. The highest BCUT2D eigenvalue weighted by Gasteiger charge is 2.35. The quantitative estimate of drug-likeness (QED) is 0.336. The minimum atomic E-state index is -0.829. The van der Waals surface area contributed by atoms with Crippen LogP contribution in [-0.4, -0.2) is 36.0 Å². The molecule has 0 saturated heterocycles. The van der Waals surface area contributed by atoms with E-state index in [-0.39, 0.29) is 23.5 Å². The Morgan fingerprint density at radius 3 is 2.39 bits per heavy atom. The molecule has 3 aromatic rings. The van der Waals surface area contributed by atoms with Gasteiger partial charge in [-0.15, -0.1) is 0 Å². The Morgan fingerprint density at radius 2 is 1.79 bits per heavy atom. The van der Waals surface area contributed by atoms with Crippen LogP contribution in [0.15, 0.2) is 58.7 Å². The Kier molecular flexibility index (Phi) is 8.85. The Hall–Kier alpha value is -2.41. The fourth-order valence-electron chi connectivity index (χ4n) is 4.09. The van der Waals surface area contributed by atoms with E-state index in [1.165, 1.54) is 23.0 Å². The van der Waals surface area contributed by atoms with Crippen LogP contribution in [0.2, 0.25) is 0 Å². The van der Waals surface area contributed by atoms with E-state index in [1.54, 1.807) is 44.2 Å². The number of thiazole rings is 1. The van der Waals surface area contributed by atoms with E-state index in [1.807, 2.05) is 6.92 Å². The molecule has 0 radical (unpaired) electrons. The van der Waals surface area contributed by atoms with Gasteiger partial charge in [-0.05, 0) is 94.1 Å². The summed E-state index contributed by atoms with van der Waals surface area (Å²) < 4.78 is 20.1. The van der Waals surface area contributed by atoms with Gasteiger partial charge in [0.05, 0.1) is 51.1 Å². The number of methoxy groups -OCH3 is 1. The summed E-state index contributed by atoms with van der Waals surface area (Å²) in [5, 5.41) is 10.1. The molecule has 1 N–H and O–H groups in total. The van der Waals surface area contributed by atoms with Gasteiger partial charge in [0.2, 0.25) is 0 Å².